The molecule has 6 aliphatic carbocycles. The molecule has 2 atom stereocenters. The molecule has 9 aromatic carbocycles. The summed E-state index contributed by atoms with van der Waals surface area (Å²) >= 11 is 0. The average Bonchev–Trinajstić information content (AvgIpc) is 4.19. The van der Waals surface area contributed by atoms with Gasteiger partial charge in [0.25, 0.3) is 0 Å². The highest BCUT2D eigenvalue weighted by Crippen LogP contribution is 2.62. The van der Waals surface area contributed by atoms with Crippen LogP contribution in [-0.4, -0.2) is 0 Å². The predicted octanol–water partition coefficient (Wildman–Crippen LogP) is 14.6. The van der Waals surface area contributed by atoms with Crippen molar-refractivity contribution in [3.63, 3.8) is 0 Å². The van der Waals surface area contributed by atoms with E-state index in [0.29, 0.717) is 0 Å². The van der Waals surface area contributed by atoms with Gasteiger partial charge in [-0.2, -0.15) is 0 Å². The topological polar surface area (TPSA) is 0 Å². The van der Waals surface area contributed by atoms with Crippen LogP contribution in [0.3, 0.4) is 0 Å². The molecule has 9 aromatic rings. The van der Waals surface area contributed by atoms with E-state index in [1.807, 2.05) is 0 Å². The first-order valence-electron chi connectivity index (χ1n) is 23.2. The minimum Gasteiger partial charge on any atom is -0.0620 e. The van der Waals surface area contributed by atoms with Gasteiger partial charge < -0.3 is 0 Å². The summed E-state index contributed by atoms with van der Waals surface area (Å²) in [6, 6.07) is 75.8. The summed E-state index contributed by atoms with van der Waals surface area (Å²) < 4.78 is 0. The van der Waals surface area contributed by atoms with Gasteiger partial charge in [0.15, 0.2) is 0 Å². The largest absolute Gasteiger partial charge is 0.0620 e. The molecule has 0 amide bonds. The molecule has 0 bridgehead atoms. The standard InChI is InChI=1S/C63H44/c1-2-14-46-38-61(37-45(46)13-1)57-33-41(43-23-27-51-47-15-5-9-19-55(47)62(59(51)35-43)31-29-39-11-3-7-17-53(39)62)21-25-49(57)50-26-22-42(34-58(50)61)44-24-28-52-48-16-6-10-20-56(48)63(60(52)36-44)32-30-40-12-4-8-18-54(40)63/h1-28,33-36H,29-32,37-38H2. The fourth-order valence-corrected chi connectivity index (χ4v) is 14.3. The zero-order valence-electron chi connectivity index (χ0n) is 35.2. The molecule has 0 heteroatoms. The second-order valence-corrected chi connectivity index (χ2v) is 19.5. The van der Waals surface area contributed by atoms with Gasteiger partial charge in [-0.25, -0.2) is 0 Å². The fourth-order valence-electron chi connectivity index (χ4n) is 14.3. The van der Waals surface area contributed by atoms with Gasteiger partial charge in [0.1, 0.15) is 0 Å². The van der Waals surface area contributed by atoms with Crippen LogP contribution in [0.25, 0.3) is 55.6 Å². The summed E-state index contributed by atoms with van der Waals surface area (Å²) in [6.45, 7) is 0. The number of benzene rings is 9. The van der Waals surface area contributed by atoms with Crippen LogP contribution in [0, 0.1) is 0 Å². The summed E-state index contributed by atoms with van der Waals surface area (Å²) in [5.74, 6) is 0. The molecule has 63 heavy (non-hydrogen) atoms. The SMILES string of the molecule is c1ccc2c(c1)CC1(C2)c2cc(-c3ccc4c(c3)C3(CCc5ccccc53)c3ccccc3-4)ccc2-c2ccc(-c3ccc4c(c3)C3(CCc5ccccc53)c3ccccc3-4)cc21. The van der Waals surface area contributed by atoms with Crippen LogP contribution < -0.4 is 0 Å². The van der Waals surface area contributed by atoms with Crippen LogP contribution in [0.2, 0.25) is 0 Å². The van der Waals surface area contributed by atoms with E-state index in [0.717, 1.165) is 38.5 Å². The Morgan fingerprint density at radius 2 is 0.571 bits per heavy atom. The Hall–Kier alpha value is -7.02. The smallest absolute Gasteiger partial charge is 0.0469 e. The summed E-state index contributed by atoms with van der Waals surface area (Å²) in [5.41, 5.74) is 31.1. The molecule has 3 spiro atoms. The van der Waals surface area contributed by atoms with E-state index >= 15 is 0 Å². The molecule has 0 heterocycles. The highest BCUT2D eigenvalue weighted by Gasteiger charge is 2.51. The fraction of sp³-hybridized carbons (Fsp3) is 0.143. The van der Waals surface area contributed by atoms with Gasteiger partial charge in [-0.3, -0.25) is 0 Å². The molecule has 0 saturated carbocycles. The Kier molecular flexibility index (Phi) is 6.65. The third-order valence-corrected chi connectivity index (χ3v) is 16.9. The highest BCUT2D eigenvalue weighted by atomic mass is 14.5. The van der Waals surface area contributed by atoms with E-state index in [9.17, 15) is 0 Å². The van der Waals surface area contributed by atoms with Gasteiger partial charge in [0.2, 0.25) is 0 Å². The van der Waals surface area contributed by atoms with Crippen molar-refractivity contribution in [1.29, 1.82) is 0 Å². The van der Waals surface area contributed by atoms with Crippen molar-refractivity contribution in [2.24, 2.45) is 0 Å². The van der Waals surface area contributed by atoms with Crippen molar-refractivity contribution >= 4 is 0 Å². The molecular weight excluding hydrogens is 757 g/mol. The van der Waals surface area contributed by atoms with E-state index in [2.05, 4.69) is 194 Å². The van der Waals surface area contributed by atoms with Crippen LogP contribution in [0.5, 0.6) is 0 Å². The Morgan fingerprint density at radius 1 is 0.254 bits per heavy atom. The molecule has 0 N–H and O–H groups in total. The van der Waals surface area contributed by atoms with Gasteiger partial charge in [-0.05, 0) is 185 Å². The van der Waals surface area contributed by atoms with Crippen molar-refractivity contribution in [3.05, 3.63) is 261 Å². The second kappa shape index (κ2) is 12.1. The van der Waals surface area contributed by atoms with Gasteiger partial charge in [-0.15, -0.1) is 0 Å². The van der Waals surface area contributed by atoms with Crippen molar-refractivity contribution in [1.82, 2.24) is 0 Å². The molecule has 0 fully saturated rings. The molecule has 0 aromatic heterocycles. The quantitative estimate of drug-likeness (QED) is 0.163. The Bertz CT molecular complexity index is 3260. The van der Waals surface area contributed by atoms with Gasteiger partial charge >= 0.3 is 0 Å². The van der Waals surface area contributed by atoms with Crippen LogP contribution in [0.15, 0.2) is 194 Å². The molecule has 0 aliphatic heterocycles. The Morgan fingerprint density at radius 3 is 1.00 bits per heavy atom. The number of aryl methyl sites for hydroxylation is 2. The first-order chi connectivity index (χ1) is 31.1. The van der Waals surface area contributed by atoms with Crippen molar-refractivity contribution < 1.29 is 0 Å². The first-order valence-corrected chi connectivity index (χ1v) is 23.2. The number of rotatable bonds is 2. The lowest BCUT2D eigenvalue weighted by Gasteiger charge is -2.29. The molecule has 0 radical (unpaired) electrons. The molecule has 0 saturated heterocycles. The van der Waals surface area contributed by atoms with Gasteiger partial charge in [-0.1, -0.05) is 170 Å². The number of hydrogen-bond acceptors (Lipinski definition) is 0. The molecule has 0 nitrogen and oxygen atoms in total. The average molecular weight is 801 g/mol. The van der Waals surface area contributed by atoms with E-state index in [4.69, 9.17) is 0 Å². The lowest BCUT2D eigenvalue weighted by atomic mass is 9.72. The maximum Gasteiger partial charge on any atom is 0.0469 e. The Labute approximate surface area is 369 Å². The van der Waals surface area contributed by atoms with Crippen LogP contribution >= 0.6 is 0 Å². The zero-order chi connectivity index (χ0) is 41.1. The summed E-state index contributed by atoms with van der Waals surface area (Å²) in [7, 11) is 0. The molecule has 296 valence electrons. The van der Waals surface area contributed by atoms with Crippen LogP contribution in [-0.2, 0) is 41.9 Å². The first kappa shape index (κ1) is 34.6. The number of fused-ring (bicyclic) bond motifs is 20. The third kappa shape index (κ3) is 4.28. The third-order valence-electron chi connectivity index (χ3n) is 16.9. The van der Waals surface area contributed by atoms with Crippen molar-refractivity contribution in [3.8, 4) is 55.6 Å². The van der Waals surface area contributed by atoms with Gasteiger partial charge in [0, 0.05) is 16.2 Å². The van der Waals surface area contributed by atoms with E-state index < -0.39 is 0 Å². The molecule has 6 aliphatic rings. The normalized spacial score (nSPS) is 20.3. The summed E-state index contributed by atoms with van der Waals surface area (Å²) in [4.78, 5) is 0. The van der Waals surface area contributed by atoms with Crippen molar-refractivity contribution in [2.45, 2.75) is 54.8 Å². The molecule has 2 unspecified atom stereocenters. The molecule has 15 rings (SSSR count). The zero-order valence-corrected chi connectivity index (χ0v) is 35.2. The second-order valence-electron chi connectivity index (χ2n) is 19.5. The summed E-state index contributed by atoms with van der Waals surface area (Å²) in [5, 5.41) is 0. The monoisotopic (exact) mass is 800 g/mol. The lowest BCUT2D eigenvalue weighted by molar-refractivity contribution is 0.564. The predicted molar refractivity (Wildman–Crippen MR) is 258 cm³/mol. The minimum atomic E-state index is -0.127. The van der Waals surface area contributed by atoms with E-state index in [1.165, 1.54) is 122 Å². The lowest BCUT2D eigenvalue weighted by Crippen LogP contribution is -2.26. The van der Waals surface area contributed by atoms with Crippen LogP contribution in [0.1, 0.15) is 79.6 Å². The highest BCUT2D eigenvalue weighted by molar-refractivity contribution is 5.91. The minimum absolute atomic E-state index is 0.0998. The maximum absolute atomic E-state index is 2.59. The summed E-state index contributed by atoms with van der Waals surface area (Å²) in [6.07, 6.45) is 6.52. The van der Waals surface area contributed by atoms with E-state index in [1.54, 1.807) is 0 Å². The maximum atomic E-state index is 2.59. The van der Waals surface area contributed by atoms with E-state index in [-0.39, 0.29) is 16.2 Å². The number of hydrogen-bond donors (Lipinski definition) is 0. The van der Waals surface area contributed by atoms with Crippen molar-refractivity contribution in [2.75, 3.05) is 0 Å². The van der Waals surface area contributed by atoms with Gasteiger partial charge in [0.05, 0.1) is 0 Å². The Balaban J connectivity index is 0.878. The molecular formula is C63H44. The van der Waals surface area contributed by atoms with Crippen LogP contribution in [0.4, 0.5) is 0 Å².